The molecule has 0 radical (unpaired) electrons. The van der Waals surface area contributed by atoms with Crippen molar-refractivity contribution < 1.29 is 0 Å². The van der Waals surface area contributed by atoms with E-state index in [2.05, 4.69) is 135 Å². The number of rotatable bonds is 6. The molecule has 3 nitrogen and oxygen atoms in total. The van der Waals surface area contributed by atoms with E-state index < -0.39 is 0 Å². The summed E-state index contributed by atoms with van der Waals surface area (Å²) in [5, 5.41) is 0. The zero-order valence-corrected chi connectivity index (χ0v) is 21.3. The first-order valence-corrected chi connectivity index (χ1v) is 12.7. The minimum Gasteiger partial charge on any atom is -0.357 e. The predicted molar refractivity (Wildman–Crippen MR) is 158 cm³/mol. The molecule has 1 heterocycles. The summed E-state index contributed by atoms with van der Waals surface area (Å²) in [6.07, 6.45) is 0. The lowest BCUT2D eigenvalue weighted by molar-refractivity contribution is 0.522. The second-order valence-electron chi connectivity index (χ2n) is 9.58. The second-order valence-corrected chi connectivity index (χ2v) is 9.58. The lowest BCUT2D eigenvalue weighted by atomic mass is 9.42. The Balaban J connectivity index is 1.48. The topological polar surface area (TPSA) is 28.0 Å². The Morgan fingerprint density at radius 1 is 0.611 bits per heavy atom. The van der Waals surface area contributed by atoms with Gasteiger partial charge in [-0.3, -0.25) is 4.99 Å². The molecular weight excluding hydrogens is 436 g/mol. The van der Waals surface area contributed by atoms with Crippen LogP contribution >= 0.6 is 0 Å². The summed E-state index contributed by atoms with van der Waals surface area (Å²) >= 11 is 0. The Morgan fingerprint density at radius 2 is 1.11 bits per heavy atom. The summed E-state index contributed by atoms with van der Waals surface area (Å²) in [6, 6.07) is 38.8. The van der Waals surface area contributed by atoms with Crippen LogP contribution in [0.25, 0.3) is 0 Å². The van der Waals surface area contributed by atoms with Crippen LogP contribution in [0, 0.1) is 0 Å². The third-order valence-corrected chi connectivity index (χ3v) is 7.16. The van der Waals surface area contributed by atoms with Gasteiger partial charge in [-0.25, -0.2) is 4.99 Å². The highest BCUT2D eigenvalue weighted by Gasteiger charge is 2.19. The van der Waals surface area contributed by atoms with Gasteiger partial charge in [0, 0.05) is 24.7 Å². The smallest absolute Gasteiger partial charge is 0.206 e. The van der Waals surface area contributed by atoms with Crippen molar-refractivity contribution in [3.63, 3.8) is 0 Å². The zero-order valence-electron chi connectivity index (χ0n) is 21.3. The highest BCUT2D eigenvalue weighted by atomic mass is 15.2. The van der Waals surface area contributed by atoms with Crippen LogP contribution in [0.5, 0.6) is 0 Å². The fourth-order valence-corrected chi connectivity index (χ4v) is 4.84. The molecule has 0 saturated heterocycles. The van der Waals surface area contributed by atoms with E-state index in [0.717, 1.165) is 35.9 Å². The Hall–Kier alpha value is -3.85. The standard InChI is InChI=1S/C31H31B2N3/c1-32(26-14-6-4-7-15-26)28-18-10-12-24(22-28)30-34-20-21-36(3)31(35-30)25-13-11-19-29(23-25)33(2)27-16-8-5-9-17-27/h4-19,22-23H,20-21H2,1-3H3. The van der Waals surface area contributed by atoms with Gasteiger partial charge in [0.25, 0.3) is 0 Å². The SMILES string of the molecule is CB(c1ccccc1)c1cccc(C2=NCCN(C)C(c3cccc(B(C)c4ccccc4)c3)=N2)c1. The lowest BCUT2D eigenvalue weighted by Crippen LogP contribution is -2.40. The Kier molecular flexibility index (Phi) is 7.18. The van der Waals surface area contributed by atoms with E-state index >= 15 is 0 Å². The molecule has 0 fully saturated rings. The number of nitrogens with zero attached hydrogens (tertiary/aromatic N) is 3. The molecule has 0 aliphatic carbocycles. The molecular formula is C31H31B2N3. The first-order valence-electron chi connectivity index (χ1n) is 12.7. The van der Waals surface area contributed by atoms with E-state index in [9.17, 15) is 0 Å². The van der Waals surface area contributed by atoms with Crippen molar-refractivity contribution in [1.29, 1.82) is 0 Å². The first-order chi connectivity index (χ1) is 17.6. The van der Waals surface area contributed by atoms with E-state index in [1.165, 1.54) is 21.9 Å². The lowest BCUT2D eigenvalue weighted by Gasteiger charge is -2.20. The van der Waals surface area contributed by atoms with E-state index in [0.29, 0.717) is 13.4 Å². The van der Waals surface area contributed by atoms with Crippen molar-refractivity contribution in [1.82, 2.24) is 4.90 Å². The highest BCUT2D eigenvalue weighted by molar-refractivity contribution is 6.84. The van der Waals surface area contributed by atoms with Gasteiger partial charge >= 0.3 is 0 Å². The molecule has 0 saturated carbocycles. The molecule has 176 valence electrons. The van der Waals surface area contributed by atoms with Crippen molar-refractivity contribution in [2.75, 3.05) is 20.1 Å². The average molecular weight is 467 g/mol. The quantitative estimate of drug-likeness (QED) is 0.400. The second kappa shape index (κ2) is 10.8. The molecule has 0 atom stereocenters. The van der Waals surface area contributed by atoms with Gasteiger partial charge in [-0.15, -0.1) is 0 Å². The van der Waals surface area contributed by atoms with Crippen LogP contribution < -0.4 is 21.9 Å². The van der Waals surface area contributed by atoms with Crippen molar-refractivity contribution in [3.05, 3.63) is 120 Å². The summed E-state index contributed by atoms with van der Waals surface area (Å²) in [4.78, 5) is 12.2. The normalized spacial score (nSPS) is 13.5. The molecule has 0 aromatic heterocycles. The molecule has 4 aromatic rings. The fraction of sp³-hybridized carbons (Fsp3) is 0.161. The van der Waals surface area contributed by atoms with Crippen LogP contribution in [0.3, 0.4) is 0 Å². The monoisotopic (exact) mass is 467 g/mol. The Bertz CT molecular complexity index is 1380. The molecule has 1 aliphatic rings. The van der Waals surface area contributed by atoms with Gasteiger partial charge < -0.3 is 4.90 Å². The van der Waals surface area contributed by atoms with Gasteiger partial charge in [0.15, 0.2) is 5.84 Å². The molecule has 0 bridgehead atoms. The zero-order chi connectivity index (χ0) is 24.9. The number of hydrogen-bond acceptors (Lipinski definition) is 3. The van der Waals surface area contributed by atoms with Gasteiger partial charge in [-0.2, -0.15) is 0 Å². The minimum absolute atomic E-state index is 0.305. The molecule has 0 amide bonds. The molecule has 0 unspecified atom stereocenters. The van der Waals surface area contributed by atoms with Gasteiger partial charge in [0.05, 0.1) is 6.54 Å². The Morgan fingerprint density at radius 3 is 1.69 bits per heavy atom. The maximum Gasteiger partial charge on any atom is 0.206 e. The van der Waals surface area contributed by atoms with E-state index in [1.54, 1.807) is 0 Å². The molecule has 5 rings (SSSR count). The van der Waals surface area contributed by atoms with Crippen LogP contribution in [0.15, 0.2) is 119 Å². The maximum atomic E-state index is 5.14. The Labute approximate surface area is 215 Å². The highest BCUT2D eigenvalue weighted by Crippen LogP contribution is 2.12. The molecule has 4 aromatic carbocycles. The van der Waals surface area contributed by atoms with Crippen molar-refractivity contribution >= 4 is 46.9 Å². The minimum atomic E-state index is 0.305. The number of benzene rings is 4. The molecule has 5 heteroatoms. The summed E-state index contributed by atoms with van der Waals surface area (Å²) < 4.78 is 0. The van der Waals surface area contributed by atoms with Crippen LogP contribution in [-0.2, 0) is 0 Å². The van der Waals surface area contributed by atoms with Crippen molar-refractivity contribution in [2.24, 2.45) is 9.98 Å². The van der Waals surface area contributed by atoms with E-state index in [-0.39, 0.29) is 0 Å². The van der Waals surface area contributed by atoms with Crippen LogP contribution in [0.1, 0.15) is 11.1 Å². The fourth-order valence-electron chi connectivity index (χ4n) is 4.84. The van der Waals surface area contributed by atoms with Gasteiger partial charge in [0.1, 0.15) is 5.84 Å². The summed E-state index contributed by atoms with van der Waals surface area (Å²) in [6.45, 7) is 6.69. The van der Waals surface area contributed by atoms with Crippen LogP contribution in [0.2, 0.25) is 13.6 Å². The molecule has 1 aliphatic heterocycles. The largest absolute Gasteiger partial charge is 0.357 e. The first kappa shape index (κ1) is 23.9. The molecule has 0 spiro atoms. The number of hydrogen-bond donors (Lipinski definition) is 0. The van der Waals surface area contributed by atoms with Crippen LogP contribution in [-0.4, -0.2) is 50.1 Å². The summed E-state index contributed by atoms with van der Waals surface area (Å²) in [5.74, 6) is 1.77. The average Bonchev–Trinajstić information content (AvgIpc) is 3.15. The van der Waals surface area contributed by atoms with E-state index in [4.69, 9.17) is 9.98 Å². The molecule has 36 heavy (non-hydrogen) atoms. The van der Waals surface area contributed by atoms with Crippen molar-refractivity contribution in [3.8, 4) is 0 Å². The summed E-state index contributed by atoms with van der Waals surface area (Å²) in [5.41, 5.74) is 7.38. The van der Waals surface area contributed by atoms with Gasteiger partial charge in [0.2, 0.25) is 13.4 Å². The third-order valence-electron chi connectivity index (χ3n) is 7.16. The molecule has 0 N–H and O–H groups in total. The van der Waals surface area contributed by atoms with Gasteiger partial charge in [-0.05, 0) is 0 Å². The maximum absolute atomic E-state index is 5.14. The predicted octanol–water partition coefficient (Wildman–Crippen LogP) is 3.30. The number of likely N-dealkylation sites (N-methyl/N-ethyl adjacent to an activating group) is 1. The third kappa shape index (κ3) is 5.21. The number of amidine groups is 2. The van der Waals surface area contributed by atoms with E-state index in [1.807, 2.05) is 0 Å². The van der Waals surface area contributed by atoms with Crippen molar-refractivity contribution in [2.45, 2.75) is 13.6 Å². The van der Waals surface area contributed by atoms with Crippen LogP contribution in [0.4, 0.5) is 0 Å². The van der Waals surface area contributed by atoms with Gasteiger partial charge in [-0.1, -0.05) is 145 Å². The number of aliphatic imine (C=N–C) groups is 2. The summed E-state index contributed by atoms with van der Waals surface area (Å²) in [7, 11) is 2.11.